The lowest BCUT2D eigenvalue weighted by molar-refractivity contribution is 0.0921. The van der Waals surface area contributed by atoms with Gasteiger partial charge in [-0.15, -0.1) is 12.4 Å². The average molecular weight is 402 g/mol. The molecule has 0 aromatic heterocycles. The number of carbonyl (C=O) groups is 2. The third-order valence-corrected chi connectivity index (χ3v) is 5.27. The van der Waals surface area contributed by atoms with Crippen LogP contribution < -0.4 is 16.0 Å². The van der Waals surface area contributed by atoms with Gasteiger partial charge in [0.2, 0.25) is 0 Å². The number of halogens is 1. The number of amides is 2. The topological polar surface area (TPSA) is 70.2 Å². The van der Waals surface area contributed by atoms with Crippen molar-refractivity contribution in [2.24, 2.45) is 5.41 Å². The fraction of sp³-hybridized carbons (Fsp3) is 0.364. The molecule has 2 amide bonds. The first kappa shape index (κ1) is 21.9. The van der Waals surface area contributed by atoms with Crippen LogP contribution >= 0.6 is 12.4 Å². The highest BCUT2D eigenvalue weighted by atomic mass is 35.5. The summed E-state index contributed by atoms with van der Waals surface area (Å²) in [6.07, 6.45) is 2.11. The molecule has 0 spiro atoms. The fourth-order valence-electron chi connectivity index (χ4n) is 3.28. The standard InChI is InChI=1S/C22H27N3O2.ClH/c1-16-8-9-18(20(26)24-15-22(2)10-12-23-13-11-22)14-19(16)25-21(27)17-6-4-3-5-7-17;/h3-9,14,23H,10-13,15H2,1-2H3,(H,24,26)(H,25,27);1H. The Balaban J connectivity index is 0.00000280. The lowest BCUT2D eigenvalue weighted by Gasteiger charge is -2.34. The molecular formula is C22H28ClN3O2. The summed E-state index contributed by atoms with van der Waals surface area (Å²) in [6.45, 7) is 6.78. The maximum absolute atomic E-state index is 12.6. The van der Waals surface area contributed by atoms with Crippen molar-refractivity contribution in [3.63, 3.8) is 0 Å². The number of hydrogen-bond acceptors (Lipinski definition) is 3. The summed E-state index contributed by atoms with van der Waals surface area (Å²) in [6, 6.07) is 14.5. The van der Waals surface area contributed by atoms with Gasteiger partial charge in [0.05, 0.1) is 0 Å². The van der Waals surface area contributed by atoms with E-state index >= 15 is 0 Å². The minimum Gasteiger partial charge on any atom is -0.351 e. The second-order valence-electron chi connectivity index (χ2n) is 7.59. The zero-order chi connectivity index (χ0) is 19.3. The predicted octanol–water partition coefficient (Wildman–Crippen LogP) is 3.79. The smallest absolute Gasteiger partial charge is 0.255 e. The zero-order valence-electron chi connectivity index (χ0n) is 16.4. The molecule has 1 aliphatic rings. The number of rotatable bonds is 5. The summed E-state index contributed by atoms with van der Waals surface area (Å²) in [5.41, 5.74) is 2.86. The van der Waals surface area contributed by atoms with Gasteiger partial charge in [0.1, 0.15) is 0 Å². The van der Waals surface area contributed by atoms with E-state index in [1.165, 1.54) is 0 Å². The molecule has 0 saturated carbocycles. The van der Waals surface area contributed by atoms with E-state index in [2.05, 4.69) is 22.9 Å². The van der Waals surface area contributed by atoms with Crippen LogP contribution in [0.5, 0.6) is 0 Å². The van der Waals surface area contributed by atoms with Crippen LogP contribution in [0, 0.1) is 12.3 Å². The number of hydrogen-bond donors (Lipinski definition) is 3. The molecule has 3 rings (SSSR count). The van der Waals surface area contributed by atoms with Gasteiger partial charge >= 0.3 is 0 Å². The molecular weight excluding hydrogens is 374 g/mol. The van der Waals surface area contributed by atoms with E-state index in [9.17, 15) is 9.59 Å². The fourth-order valence-corrected chi connectivity index (χ4v) is 3.28. The summed E-state index contributed by atoms with van der Waals surface area (Å²) in [5, 5.41) is 9.32. The first-order chi connectivity index (χ1) is 13.0. The maximum atomic E-state index is 12.6. The van der Waals surface area contributed by atoms with Gasteiger partial charge in [0.25, 0.3) is 11.8 Å². The minimum absolute atomic E-state index is 0. The van der Waals surface area contributed by atoms with Gasteiger partial charge in [-0.3, -0.25) is 9.59 Å². The van der Waals surface area contributed by atoms with Crippen molar-refractivity contribution in [1.29, 1.82) is 0 Å². The van der Waals surface area contributed by atoms with Gasteiger partial charge in [-0.25, -0.2) is 0 Å². The zero-order valence-corrected chi connectivity index (χ0v) is 17.2. The molecule has 5 nitrogen and oxygen atoms in total. The van der Waals surface area contributed by atoms with Crippen LogP contribution in [0.15, 0.2) is 48.5 Å². The molecule has 6 heteroatoms. The molecule has 3 N–H and O–H groups in total. The molecule has 2 aromatic rings. The van der Waals surface area contributed by atoms with E-state index in [1.807, 2.05) is 31.2 Å². The highest BCUT2D eigenvalue weighted by Gasteiger charge is 2.27. The number of benzene rings is 2. The number of piperidine rings is 1. The molecule has 2 aromatic carbocycles. The monoisotopic (exact) mass is 401 g/mol. The van der Waals surface area contributed by atoms with E-state index < -0.39 is 0 Å². The van der Waals surface area contributed by atoms with Crippen molar-refractivity contribution in [3.05, 3.63) is 65.2 Å². The summed E-state index contributed by atoms with van der Waals surface area (Å²) in [7, 11) is 0. The highest BCUT2D eigenvalue weighted by molar-refractivity contribution is 6.05. The molecule has 1 fully saturated rings. The molecule has 1 saturated heterocycles. The van der Waals surface area contributed by atoms with E-state index in [0.717, 1.165) is 31.5 Å². The second kappa shape index (κ2) is 9.71. The first-order valence-corrected chi connectivity index (χ1v) is 9.43. The predicted molar refractivity (Wildman–Crippen MR) is 115 cm³/mol. The van der Waals surface area contributed by atoms with Crippen LogP contribution in [0.1, 0.15) is 46.0 Å². The van der Waals surface area contributed by atoms with Crippen molar-refractivity contribution in [2.45, 2.75) is 26.7 Å². The van der Waals surface area contributed by atoms with Crippen molar-refractivity contribution in [2.75, 3.05) is 25.0 Å². The van der Waals surface area contributed by atoms with Gasteiger partial charge < -0.3 is 16.0 Å². The van der Waals surface area contributed by atoms with E-state index in [-0.39, 0.29) is 29.6 Å². The van der Waals surface area contributed by atoms with Crippen molar-refractivity contribution in [1.82, 2.24) is 10.6 Å². The van der Waals surface area contributed by atoms with Crippen molar-refractivity contribution >= 4 is 29.9 Å². The summed E-state index contributed by atoms with van der Waals surface area (Å²) >= 11 is 0. The molecule has 150 valence electrons. The Labute approximate surface area is 172 Å². The van der Waals surface area contributed by atoms with Crippen LogP contribution in [0.4, 0.5) is 5.69 Å². The van der Waals surface area contributed by atoms with Crippen molar-refractivity contribution < 1.29 is 9.59 Å². The Hall–Kier alpha value is -2.37. The van der Waals surface area contributed by atoms with Crippen molar-refractivity contribution in [3.8, 4) is 0 Å². The van der Waals surface area contributed by atoms with E-state index in [0.29, 0.717) is 23.4 Å². The molecule has 1 aliphatic heterocycles. The van der Waals surface area contributed by atoms with E-state index in [4.69, 9.17) is 0 Å². The molecule has 1 heterocycles. The Kier molecular flexibility index (Phi) is 7.61. The van der Waals surface area contributed by atoms with Gasteiger partial charge in [-0.1, -0.05) is 31.2 Å². The van der Waals surface area contributed by atoms with Crippen LogP contribution in [0.2, 0.25) is 0 Å². The Bertz CT molecular complexity index is 818. The SMILES string of the molecule is Cc1ccc(C(=O)NCC2(C)CCNCC2)cc1NC(=O)c1ccccc1.Cl. The first-order valence-electron chi connectivity index (χ1n) is 9.43. The summed E-state index contributed by atoms with van der Waals surface area (Å²) in [4.78, 5) is 25.0. The summed E-state index contributed by atoms with van der Waals surface area (Å²) < 4.78 is 0. The number of anilines is 1. The van der Waals surface area contributed by atoms with Gasteiger partial charge in [-0.2, -0.15) is 0 Å². The largest absolute Gasteiger partial charge is 0.351 e. The van der Waals surface area contributed by atoms with Crippen LogP contribution in [-0.2, 0) is 0 Å². The number of aryl methyl sites for hydroxylation is 1. The number of carbonyl (C=O) groups excluding carboxylic acids is 2. The molecule has 0 unspecified atom stereocenters. The average Bonchev–Trinajstić information content (AvgIpc) is 2.69. The number of nitrogens with one attached hydrogen (secondary N) is 3. The lowest BCUT2D eigenvalue weighted by atomic mass is 9.81. The molecule has 0 radical (unpaired) electrons. The minimum atomic E-state index is -0.182. The van der Waals surface area contributed by atoms with Crippen LogP contribution in [0.3, 0.4) is 0 Å². The molecule has 0 bridgehead atoms. The van der Waals surface area contributed by atoms with Gasteiger partial charge in [-0.05, 0) is 68.1 Å². The third-order valence-electron chi connectivity index (χ3n) is 5.27. The lowest BCUT2D eigenvalue weighted by Crippen LogP contribution is -2.42. The molecule has 0 aliphatic carbocycles. The Morgan fingerprint density at radius 1 is 1.00 bits per heavy atom. The molecule has 0 atom stereocenters. The summed E-state index contributed by atoms with van der Waals surface area (Å²) in [5.74, 6) is -0.288. The van der Waals surface area contributed by atoms with Gasteiger partial charge in [0, 0.05) is 23.4 Å². The molecule has 28 heavy (non-hydrogen) atoms. The Morgan fingerprint density at radius 3 is 2.36 bits per heavy atom. The van der Waals surface area contributed by atoms with Crippen LogP contribution in [0.25, 0.3) is 0 Å². The van der Waals surface area contributed by atoms with Crippen LogP contribution in [-0.4, -0.2) is 31.4 Å². The third kappa shape index (κ3) is 5.57. The van der Waals surface area contributed by atoms with Gasteiger partial charge in [0.15, 0.2) is 0 Å². The maximum Gasteiger partial charge on any atom is 0.255 e. The quantitative estimate of drug-likeness (QED) is 0.713. The Morgan fingerprint density at radius 2 is 1.68 bits per heavy atom. The second-order valence-corrected chi connectivity index (χ2v) is 7.59. The highest BCUT2D eigenvalue weighted by Crippen LogP contribution is 2.27. The normalized spacial score (nSPS) is 15.2. The van der Waals surface area contributed by atoms with E-state index in [1.54, 1.807) is 24.3 Å².